The molecule has 106 valence electrons. The molecule has 6 heteroatoms. The van der Waals surface area contributed by atoms with Gasteiger partial charge < -0.3 is 15.3 Å². The van der Waals surface area contributed by atoms with Gasteiger partial charge in [-0.05, 0) is 42.2 Å². The summed E-state index contributed by atoms with van der Waals surface area (Å²) < 4.78 is 0. The summed E-state index contributed by atoms with van der Waals surface area (Å²) in [6.07, 6.45) is 1.49. The summed E-state index contributed by atoms with van der Waals surface area (Å²) in [6, 6.07) is 1.69. The number of rotatable bonds is 7. The van der Waals surface area contributed by atoms with Crippen LogP contribution in [0.15, 0.2) is 16.8 Å². The predicted octanol–water partition coefficient (Wildman–Crippen LogP) is 2.19. The fourth-order valence-electron chi connectivity index (χ4n) is 1.80. The number of hydrogen-bond acceptors (Lipinski definition) is 3. The maximum Gasteiger partial charge on any atom is 0.323 e. The fraction of sp³-hybridized carbons (Fsp3) is 0.538. The van der Waals surface area contributed by atoms with Gasteiger partial charge in [0, 0.05) is 12.6 Å². The van der Waals surface area contributed by atoms with Gasteiger partial charge in [0.1, 0.15) is 6.54 Å². The van der Waals surface area contributed by atoms with E-state index >= 15 is 0 Å². The zero-order valence-electron chi connectivity index (χ0n) is 11.3. The Balaban J connectivity index is 2.48. The maximum atomic E-state index is 12.0. The molecule has 0 aliphatic carbocycles. The van der Waals surface area contributed by atoms with Crippen LogP contribution < -0.4 is 5.32 Å². The van der Waals surface area contributed by atoms with Gasteiger partial charge in [0.15, 0.2) is 0 Å². The highest BCUT2D eigenvalue weighted by atomic mass is 32.1. The van der Waals surface area contributed by atoms with Gasteiger partial charge in [-0.2, -0.15) is 11.3 Å². The number of amides is 2. The van der Waals surface area contributed by atoms with Gasteiger partial charge in [-0.15, -0.1) is 0 Å². The van der Waals surface area contributed by atoms with Crippen molar-refractivity contribution in [3.8, 4) is 0 Å². The van der Waals surface area contributed by atoms with E-state index in [1.54, 1.807) is 11.3 Å². The Morgan fingerprint density at radius 1 is 1.53 bits per heavy atom. The average molecular weight is 284 g/mol. The van der Waals surface area contributed by atoms with Crippen LogP contribution in [0, 0.1) is 0 Å². The highest BCUT2D eigenvalue weighted by Gasteiger charge is 2.17. The molecule has 0 aliphatic rings. The lowest BCUT2D eigenvalue weighted by atomic mass is 10.1. The zero-order valence-corrected chi connectivity index (χ0v) is 12.1. The van der Waals surface area contributed by atoms with Crippen LogP contribution in [0.1, 0.15) is 25.8 Å². The Hall–Kier alpha value is -1.56. The molecule has 2 N–H and O–H groups in total. The Labute approximate surface area is 117 Å². The van der Waals surface area contributed by atoms with Crippen molar-refractivity contribution in [2.24, 2.45) is 0 Å². The molecular formula is C13H20N2O3S. The molecule has 0 radical (unpaired) electrons. The SMILES string of the molecule is CCCN(CC(=O)O)C(=O)NC(C)Cc1ccsc1. The van der Waals surface area contributed by atoms with Crippen molar-refractivity contribution in [1.82, 2.24) is 10.2 Å². The number of nitrogens with zero attached hydrogens (tertiary/aromatic N) is 1. The summed E-state index contributed by atoms with van der Waals surface area (Å²) in [5.74, 6) is -0.992. The summed E-state index contributed by atoms with van der Waals surface area (Å²) >= 11 is 1.62. The van der Waals surface area contributed by atoms with Gasteiger partial charge in [0.05, 0.1) is 0 Å². The van der Waals surface area contributed by atoms with E-state index in [0.717, 1.165) is 12.8 Å². The lowest BCUT2D eigenvalue weighted by Crippen LogP contribution is -2.46. The number of urea groups is 1. The third-order valence-electron chi connectivity index (χ3n) is 2.60. The molecular weight excluding hydrogens is 264 g/mol. The minimum absolute atomic E-state index is 0.0183. The third kappa shape index (κ3) is 5.74. The van der Waals surface area contributed by atoms with Crippen molar-refractivity contribution >= 4 is 23.3 Å². The van der Waals surface area contributed by atoms with Gasteiger partial charge in [0.25, 0.3) is 0 Å². The van der Waals surface area contributed by atoms with Crippen LogP contribution in [0.5, 0.6) is 0 Å². The summed E-state index contributed by atoms with van der Waals surface area (Å²) in [7, 11) is 0. The van der Waals surface area contributed by atoms with E-state index in [1.165, 1.54) is 10.5 Å². The molecule has 0 spiro atoms. The monoisotopic (exact) mass is 284 g/mol. The largest absolute Gasteiger partial charge is 0.480 e. The number of hydrogen-bond donors (Lipinski definition) is 2. The van der Waals surface area contributed by atoms with Gasteiger partial charge in [0.2, 0.25) is 0 Å². The van der Waals surface area contributed by atoms with Crippen molar-refractivity contribution in [3.63, 3.8) is 0 Å². The van der Waals surface area contributed by atoms with Crippen molar-refractivity contribution in [3.05, 3.63) is 22.4 Å². The molecule has 0 bridgehead atoms. The van der Waals surface area contributed by atoms with Crippen molar-refractivity contribution in [1.29, 1.82) is 0 Å². The van der Waals surface area contributed by atoms with E-state index in [1.807, 2.05) is 30.7 Å². The molecule has 1 atom stereocenters. The highest BCUT2D eigenvalue weighted by molar-refractivity contribution is 7.07. The molecule has 19 heavy (non-hydrogen) atoms. The van der Waals surface area contributed by atoms with Gasteiger partial charge in [-0.1, -0.05) is 6.92 Å². The van der Waals surface area contributed by atoms with Crippen LogP contribution in [-0.2, 0) is 11.2 Å². The second-order valence-electron chi connectivity index (χ2n) is 4.50. The molecule has 0 saturated heterocycles. The third-order valence-corrected chi connectivity index (χ3v) is 3.33. The number of carboxylic acid groups (broad SMARTS) is 1. The second-order valence-corrected chi connectivity index (χ2v) is 5.28. The normalized spacial score (nSPS) is 11.9. The molecule has 0 aromatic carbocycles. The topological polar surface area (TPSA) is 69.6 Å². The first kappa shape index (κ1) is 15.5. The molecule has 1 aromatic rings. The van der Waals surface area contributed by atoms with E-state index in [2.05, 4.69) is 5.32 Å². The van der Waals surface area contributed by atoms with E-state index in [4.69, 9.17) is 5.11 Å². The predicted molar refractivity (Wildman–Crippen MR) is 75.5 cm³/mol. The molecule has 0 fully saturated rings. The minimum atomic E-state index is -0.992. The lowest BCUT2D eigenvalue weighted by molar-refractivity contribution is -0.137. The van der Waals surface area contributed by atoms with Crippen molar-refractivity contribution in [2.45, 2.75) is 32.7 Å². The Bertz CT molecular complexity index is 406. The lowest BCUT2D eigenvalue weighted by Gasteiger charge is -2.23. The van der Waals surface area contributed by atoms with Crippen LogP contribution in [0.25, 0.3) is 0 Å². The van der Waals surface area contributed by atoms with Crippen molar-refractivity contribution < 1.29 is 14.7 Å². The van der Waals surface area contributed by atoms with Gasteiger partial charge >= 0.3 is 12.0 Å². The number of nitrogens with one attached hydrogen (secondary N) is 1. The Morgan fingerprint density at radius 2 is 2.26 bits per heavy atom. The van der Waals surface area contributed by atoms with E-state index in [9.17, 15) is 9.59 Å². The molecule has 1 heterocycles. The number of carbonyl (C=O) groups is 2. The summed E-state index contributed by atoms with van der Waals surface area (Å²) in [5, 5.41) is 15.7. The first-order valence-electron chi connectivity index (χ1n) is 6.31. The number of carboxylic acids is 1. The zero-order chi connectivity index (χ0) is 14.3. The number of aliphatic carboxylic acids is 1. The fourth-order valence-corrected chi connectivity index (χ4v) is 2.48. The van der Waals surface area contributed by atoms with Crippen LogP contribution in [0.2, 0.25) is 0 Å². The number of carbonyl (C=O) groups excluding carboxylic acids is 1. The van der Waals surface area contributed by atoms with Gasteiger partial charge in [-0.3, -0.25) is 4.79 Å². The molecule has 2 amide bonds. The van der Waals surface area contributed by atoms with Crippen LogP contribution in [0.4, 0.5) is 4.79 Å². The van der Waals surface area contributed by atoms with Crippen LogP contribution >= 0.6 is 11.3 Å². The molecule has 0 saturated carbocycles. The molecule has 1 rings (SSSR count). The Kier molecular flexibility index (Phi) is 6.35. The van der Waals surface area contributed by atoms with E-state index < -0.39 is 5.97 Å². The Morgan fingerprint density at radius 3 is 2.79 bits per heavy atom. The average Bonchev–Trinajstić information content (AvgIpc) is 2.80. The van der Waals surface area contributed by atoms with E-state index in [-0.39, 0.29) is 18.6 Å². The molecule has 1 unspecified atom stereocenters. The molecule has 5 nitrogen and oxygen atoms in total. The first-order valence-corrected chi connectivity index (χ1v) is 7.25. The van der Waals surface area contributed by atoms with Crippen LogP contribution in [-0.4, -0.2) is 41.1 Å². The minimum Gasteiger partial charge on any atom is -0.480 e. The van der Waals surface area contributed by atoms with E-state index in [0.29, 0.717) is 6.54 Å². The first-order chi connectivity index (χ1) is 9.02. The smallest absolute Gasteiger partial charge is 0.323 e. The second kappa shape index (κ2) is 7.78. The van der Waals surface area contributed by atoms with Crippen LogP contribution in [0.3, 0.4) is 0 Å². The molecule has 0 aliphatic heterocycles. The summed E-state index contributed by atoms with van der Waals surface area (Å²) in [4.78, 5) is 24.0. The summed E-state index contributed by atoms with van der Waals surface area (Å²) in [6.45, 7) is 4.02. The quantitative estimate of drug-likeness (QED) is 0.806. The standard InChI is InChI=1S/C13H20N2O3S/c1-3-5-15(8-12(16)17)13(18)14-10(2)7-11-4-6-19-9-11/h4,6,9-10H,3,5,7-8H2,1-2H3,(H,14,18)(H,16,17). The number of thiophene rings is 1. The maximum absolute atomic E-state index is 12.0. The molecule has 1 aromatic heterocycles. The van der Waals surface area contributed by atoms with Gasteiger partial charge in [-0.25, -0.2) is 4.79 Å². The highest BCUT2D eigenvalue weighted by Crippen LogP contribution is 2.08. The summed E-state index contributed by atoms with van der Waals surface area (Å²) in [5.41, 5.74) is 1.18. The van der Waals surface area contributed by atoms with Crippen molar-refractivity contribution in [2.75, 3.05) is 13.1 Å².